The summed E-state index contributed by atoms with van der Waals surface area (Å²) in [6, 6.07) is 2.92. The molecule has 0 heterocycles. The lowest BCUT2D eigenvalue weighted by atomic mass is 10.0. The highest BCUT2D eigenvalue weighted by Crippen LogP contribution is 2.26. The SMILES string of the molecule is Cc1cc(O)c(CC(N)CO)cc1Cl. The molecule has 0 fully saturated rings. The summed E-state index contributed by atoms with van der Waals surface area (Å²) in [6.45, 7) is 1.71. The fourth-order valence-electron chi connectivity index (χ4n) is 1.22. The Morgan fingerprint density at radius 3 is 2.71 bits per heavy atom. The van der Waals surface area contributed by atoms with Crippen LogP contribution in [0.3, 0.4) is 0 Å². The van der Waals surface area contributed by atoms with Gasteiger partial charge in [0.2, 0.25) is 0 Å². The van der Waals surface area contributed by atoms with E-state index in [1.165, 1.54) is 0 Å². The second-order valence-electron chi connectivity index (χ2n) is 3.38. The summed E-state index contributed by atoms with van der Waals surface area (Å²) in [7, 11) is 0. The highest BCUT2D eigenvalue weighted by atomic mass is 35.5. The maximum absolute atomic E-state index is 9.56. The molecular formula is C10H14ClNO2. The zero-order chi connectivity index (χ0) is 10.7. The highest BCUT2D eigenvalue weighted by molar-refractivity contribution is 6.31. The molecule has 1 aromatic rings. The Labute approximate surface area is 88.1 Å². The first kappa shape index (κ1) is 11.3. The molecule has 1 aromatic carbocycles. The average Bonchev–Trinajstić information content (AvgIpc) is 2.14. The number of aliphatic hydroxyl groups is 1. The number of phenols is 1. The number of nitrogens with two attached hydrogens (primary N) is 1. The summed E-state index contributed by atoms with van der Waals surface area (Å²) in [6.07, 6.45) is 0.419. The molecule has 0 spiro atoms. The Hall–Kier alpha value is -0.770. The predicted octanol–water partition coefficient (Wildman–Crippen LogP) is 1.22. The number of halogens is 1. The van der Waals surface area contributed by atoms with Gasteiger partial charge in [-0.2, -0.15) is 0 Å². The molecule has 0 amide bonds. The summed E-state index contributed by atoms with van der Waals surface area (Å²) >= 11 is 5.90. The Morgan fingerprint density at radius 2 is 2.14 bits per heavy atom. The number of hydrogen-bond donors (Lipinski definition) is 3. The van der Waals surface area contributed by atoms with Crippen LogP contribution in [0.2, 0.25) is 5.02 Å². The molecule has 0 radical (unpaired) electrons. The van der Waals surface area contributed by atoms with Crippen molar-refractivity contribution < 1.29 is 10.2 Å². The summed E-state index contributed by atoms with van der Waals surface area (Å²) in [5, 5.41) is 18.9. The van der Waals surface area contributed by atoms with E-state index in [9.17, 15) is 5.11 Å². The molecule has 0 saturated heterocycles. The largest absolute Gasteiger partial charge is 0.508 e. The number of rotatable bonds is 3. The summed E-state index contributed by atoms with van der Waals surface area (Å²) < 4.78 is 0. The van der Waals surface area contributed by atoms with Gasteiger partial charge in [-0.15, -0.1) is 0 Å². The van der Waals surface area contributed by atoms with E-state index in [-0.39, 0.29) is 18.4 Å². The van der Waals surface area contributed by atoms with Crippen LogP contribution in [0.4, 0.5) is 0 Å². The molecular weight excluding hydrogens is 202 g/mol. The van der Waals surface area contributed by atoms with E-state index in [0.29, 0.717) is 17.0 Å². The molecule has 0 aliphatic rings. The van der Waals surface area contributed by atoms with Gasteiger partial charge < -0.3 is 15.9 Å². The second kappa shape index (κ2) is 4.64. The van der Waals surface area contributed by atoms with Crippen molar-refractivity contribution in [1.82, 2.24) is 0 Å². The van der Waals surface area contributed by atoms with Crippen molar-refractivity contribution >= 4 is 11.6 Å². The zero-order valence-electron chi connectivity index (χ0n) is 8.00. The predicted molar refractivity (Wildman–Crippen MR) is 56.6 cm³/mol. The Bertz CT molecular complexity index is 328. The topological polar surface area (TPSA) is 66.5 Å². The lowest BCUT2D eigenvalue weighted by Gasteiger charge is -2.11. The maximum Gasteiger partial charge on any atom is 0.119 e. The van der Waals surface area contributed by atoms with Gasteiger partial charge in [-0.1, -0.05) is 11.6 Å². The monoisotopic (exact) mass is 215 g/mol. The normalized spacial score (nSPS) is 12.9. The first-order chi connectivity index (χ1) is 6.54. The fraction of sp³-hybridized carbons (Fsp3) is 0.400. The van der Waals surface area contributed by atoms with Gasteiger partial charge in [0.25, 0.3) is 0 Å². The molecule has 1 rings (SSSR count). The third kappa shape index (κ3) is 2.61. The van der Waals surface area contributed by atoms with Gasteiger partial charge in [-0.25, -0.2) is 0 Å². The van der Waals surface area contributed by atoms with Gasteiger partial charge in [0.1, 0.15) is 5.75 Å². The lowest BCUT2D eigenvalue weighted by molar-refractivity contribution is 0.264. The summed E-state index contributed by atoms with van der Waals surface area (Å²) in [5.41, 5.74) is 7.05. The first-order valence-corrected chi connectivity index (χ1v) is 4.76. The summed E-state index contributed by atoms with van der Waals surface area (Å²) in [4.78, 5) is 0. The Balaban J connectivity index is 2.92. The number of hydrogen-bond acceptors (Lipinski definition) is 3. The molecule has 0 aliphatic carbocycles. The zero-order valence-corrected chi connectivity index (χ0v) is 8.75. The number of aliphatic hydroxyl groups excluding tert-OH is 1. The minimum atomic E-state index is -0.361. The molecule has 1 atom stereocenters. The molecule has 78 valence electrons. The van der Waals surface area contributed by atoms with Crippen LogP contribution >= 0.6 is 11.6 Å². The minimum Gasteiger partial charge on any atom is -0.508 e. The van der Waals surface area contributed by atoms with E-state index in [1.807, 2.05) is 6.92 Å². The Morgan fingerprint density at radius 1 is 1.50 bits per heavy atom. The third-order valence-electron chi connectivity index (χ3n) is 2.08. The van der Waals surface area contributed by atoms with Crippen molar-refractivity contribution in [3.05, 3.63) is 28.3 Å². The van der Waals surface area contributed by atoms with Crippen LogP contribution in [0.15, 0.2) is 12.1 Å². The quantitative estimate of drug-likeness (QED) is 0.710. The van der Waals surface area contributed by atoms with Crippen molar-refractivity contribution in [3.63, 3.8) is 0 Å². The Kier molecular flexibility index (Phi) is 3.75. The van der Waals surface area contributed by atoms with Crippen LogP contribution in [0.5, 0.6) is 5.75 Å². The van der Waals surface area contributed by atoms with E-state index >= 15 is 0 Å². The summed E-state index contributed by atoms with van der Waals surface area (Å²) in [5.74, 6) is 0.177. The van der Waals surface area contributed by atoms with Crippen molar-refractivity contribution in [2.24, 2.45) is 5.73 Å². The fourth-order valence-corrected chi connectivity index (χ4v) is 1.40. The minimum absolute atomic E-state index is 0.106. The molecule has 4 N–H and O–H groups in total. The van der Waals surface area contributed by atoms with Crippen molar-refractivity contribution in [3.8, 4) is 5.75 Å². The lowest BCUT2D eigenvalue weighted by Crippen LogP contribution is -2.26. The molecule has 3 nitrogen and oxygen atoms in total. The van der Waals surface area contributed by atoms with Crippen molar-refractivity contribution in [2.75, 3.05) is 6.61 Å². The van der Waals surface area contributed by atoms with Crippen LogP contribution in [-0.2, 0) is 6.42 Å². The molecule has 4 heteroatoms. The first-order valence-electron chi connectivity index (χ1n) is 4.39. The van der Waals surface area contributed by atoms with E-state index < -0.39 is 0 Å². The van der Waals surface area contributed by atoms with Gasteiger partial charge >= 0.3 is 0 Å². The maximum atomic E-state index is 9.56. The van der Waals surface area contributed by atoms with Crippen LogP contribution in [0.25, 0.3) is 0 Å². The average molecular weight is 216 g/mol. The molecule has 14 heavy (non-hydrogen) atoms. The van der Waals surface area contributed by atoms with Crippen molar-refractivity contribution in [1.29, 1.82) is 0 Å². The van der Waals surface area contributed by atoms with Gasteiger partial charge in [-0.05, 0) is 36.6 Å². The molecule has 0 aromatic heterocycles. The number of aryl methyl sites for hydroxylation is 1. The number of benzene rings is 1. The van der Waals surface area contributed by atoms with Gasteiger partial charge in [0.05, 0.1) is 6.61 Å². The number of aromatic hydroxyl groups is 1. The van der Waals surface area contributed by atoms with Crippen LogP contribution in [0.1, 0.15) is 11.1 Å². The van der Waals surface area contributed by atoms with Crippen LogP contribution in [0, 0.1) is 6.92 Å². The third-order valence-corrected chi connectivity index (χ3v) is 2.48. The van der Waals surface area contributed by atoms with Crippen molar-refractivity contribution in [2.45, 2.75) is 19.4 Å². The van der Waals surface area contributed by atoms with E-state index in [0.717, 1.165) is 5.56 Å². The van der Waals surface area contributed by atoms with Crippen LogP contribution in [-0.4, -0.2) is 22.9 Å². The molecule has 0 aliphatic heterocycles. The molecule has 0 bridgehead atoms. The standard InChI is InChI=1S/C10H14ClNO2/c1-6-2-10(14)7(4-9(6)11)3-8(12)5-13/h2,4,8,13-14H,3,5,12H2,1H3. The highest BCUT2D eigenvalue weighted by Gasteiger charge is 2.09. The van der Waals surface area contributed by atoms with E-state index in [4.69, 9.17) is 22.4 Å². The van der Waals surface area contributed by atoms with Gasteiger partial charge in [0, 0.05) is 11.1 Å². The van der Waals surface area contributed by atoms with Gasteiger partial charge in [0.15, 0.2) is 0 Å². The van der Waals surface area contributed by atoms with E-state index in [2.05, 4.69) is 0 Å². The van der Waals surface area contributed by atoms with Crippen LogP contribution < -0.4 is 5.73 Å². The van der Waals surface area contributed by atoms with E-state index in [1.54, 1.807) is 12.1 Å². The smallest absolute Gasteiger partial charge is 0.119 e. The number of phenolic OH excluding ortho intramolecular Hbond substituents is 1. The van der Waals surface area contributed by atoms with Gasteiger partial charge in [-0.3, -0.25) is 0 Å². The second-order valence-corrected chi connectivity index (χ2v) is 3.78. The molecule has 1 unspecified atom stereocenters. The molecule has 0 saturated carbocycles.